The van der Waals surface area contributed by atoms with Crippen molar-refractivity contribution in [3.05, 3.63) is 95.6 Å². The lowest BCUT2D eigenvalue weighted by Crippen LogP contribution is -2.12. The number of carbonyl (C=O) groups is 2. The number of hydrogen-bond acceptors (Lipinski definition) is 4. The van der Waals surface area contributed by atoms with E-state index in [1.807, 2.05) is 25.1 Å². The Hall–Kier alpha value is -3.14. The van der Waals surface area contributed by atoms with E-state index < -0.39 is 0 Å². The highest BCUT2D eigenvalue weighted by atomic mass is 16.5. The van der Waals surface area contributed by atoms with E-state index in [0.29, 0.717) is 11.1 Å². The minimum atomic E-state index is -0.363. The molecule has 0 spiro atoms. The number of esters is 2. The first-order valence-corrected chi connectivity index (χ1v) is 8.39. The third kappa shape index (κ3) is 6.40. The number of ether oxygens (including phenoxy) is 2. The summed E-state index contributed by atoms with van der Waals surface area (Å²) in [6.45, 7) is 3.86. The van der Waals surface area contributed by atoms with Crippen molar-refractivity contribution in [2.75, 3.05) is 6.61 Å². The first kappa shape index (κ1) is 19.2. The number of hydrogen-bond donors (Lipinski definition) is 0. The van der Waals surface area contributed by atoms with Gasteiger partial charge in [-0.15, -0.1) is 0 Å². The van der Waals surface area contributed by atoms with E-state index in [4.69, 9.17) is 9.47 Å². The Morgan fingerprint density at radius 1 is 0.923 bits per heavy atom. The molecule has 0 bridgehead atoms. The molecule has 1 atom stereocenters. The van der Waals surface area contributed by atoms with Crippen molar-refractivity contribution in [3.8, 4) is 0 Å². The van der Waals surface area contributed by atoms with E-state index in [0.717, 1.165) is 5.57 Å². The molecule has 2 aromatic carbocycles. The summed E-state index contributed by atoms with van der Waals surface area (Å²) in [6.07, 6.45) is 5.05. The summed E-state index contributed by atoms with van der Waals surface area (Å²) < 4.78 is 10.5. The Balaban J connectivity index is 1.78. The van der Waals surface area contributed by atoms with Gasteiger partial charge in [0.25, 0.3) is 0 Å². The van der Waals surface area contributed by atoms with Crippen molar-refractivity contribution in [1.29, 1.82) is 0 Å². The number of carbonyl (C=O) groups excluding carboxylic acids is 2. The molecule has 0 radical (unpaired) electrons. The molecule has 0 heterocycles. The summed E-state index contributed by atoms with van der Waals surface area (Å²) in [7, 11) is 0. The zero-order chi connectivity index (χ0) is 18.8. The number of allylic oxidation sites excluding steroid dienone is 2. The van der Waals surface area contributed by atoms with E-state index in [-0.39, 0.29) is 24.6 Å². The van der Waals surface area contributed by atoms with Crippen LogP contribution in [0.1, 0.15) is 34.6 Å². The molecule has 0 aliphatic rings. The monoisotopic (exact) mass is 350 g/mol. The lowest BCUT2D eigenvalue weighted by Gasteiger charge is -2.09. The maximum atomic E-state index is 12.0. The summed E-state index contributed by atoms with van der Waals surface area (Å²) in [5, 5.41) is 0. The molecule has 4 heteroatoms. The molecular weight excluding hydrogens is 328 g/mol. The first-order valence-electron chi connectivity index (χ1n) is 8.39. The maximum absolute atomic E-state index is 12.0. The highest BCUT2D eigenvalue weighted by Crippen LogP contribution is 2.06. The lowest BCUT2D eigenvalue weighted by molar-refractivity contribution is 0.0423. The Morgan fingerprint density at radius 3 is 2.04 bits per heavy atom. The van der Waals surface area contributed by atoms with Gasteiger partial charge < -0.3 is 9.47 Å². The predicted octanol–water partition coefficient (Wildman–Crippen LogP) is 4.59. The second-order valence-corrected chi connectivity index (χ2v) is 5.75. The Kier molecular flexibility index (Phi) is 7.37. The molecule has 0 N–H and O–H groups in total. The van der Waals surface area contributed by atoms with E-state index >= 15 is 0 Å². The van der Waals surface area contributed by atoms with Crippen molar-refractivity contribution < 1.29 is 19.1 Å². The highest BCUT2D eigenvalue weighted by molar-refractivity contribution is 5.89. The van der Waals surface area contributed by atoms with Crippen LogP contribution in [0, 0.1) is 0 Å². The fourth-order valence-electron chi connectivity index (χ4n) is 2.11. The topological polar surface area (TPSA) is 52.6 Å². The molecule has 0 fully saturated rings. The van der Waals surface area contributed by atoms with Crippen LogP contribution in [-0.4, -0.2) is 24.6 Å². The molecule has 4 nitrogen and oxygen atoms in total. The van der Waals surface area contributed by atoms with Crippen LogP contribution in [0.5, 0.6) is 0 Å². The van der Waals surface area contributed by atoms with E-state index in [9.17, 15) is 9.59 Å². The molecule has 0 aliphatic carbocycles. The molecule has 0 saturated carbocycles. The van der Waals surface area contributed by atoms with Gasteiger partial charge in [-0.3, -0.25) is 0 Å². The standard InChI is InChI=1S/C22H22O4/c1-17(15-16-25-21(23)19-9-5-3-6-10-19)13-14-18(2)26-22(24)20-11-7-4-8-12-20/h3-15,18H,16H2,1-2H3/b14-13-,17-15-. The summed E-state index contributed by atoms with van der Waals surface area (Å²) in [5.41, 5.74) is 1.96. The van der Waals surface area contributed by atoms with Crippen molar-refractivity contribution in [3.63, 3.8) is 0 Å². The van der Waals surface area contributed by atoms with E-state index in [2.05, 4.69) is 0 Å². The zero-order valence-corrected chi connectivity index (χ0v) is 14.9. The van der Waals surface area contributed by atoms with Crippen LogP contribution in [0.2, 0.25) is 0 Å². The first-order chi connectivity index (χ1) is 12.6. The molecule has 134 valence electrons. The SMILES string of the molecule is CC(/C=C\C(C)OC(=O)c1ccccc1)=C/COC(=O)c1ccccc1. The second kappa shape index (κ2) is 9.99. The fourth-order valence-corrected chi connectivity index (χ4v) is 2.11. The van der Waals surface area contributed by atoms with Crippen LogP contribution in [-0.2, 0) is 9.47 Å². The van der Waals surface area contributed by atoms with Gasteiger partial charge >= 0.3 is 11.9 Å². The second-order valence-electron chi connectivity index (χ2n) is 5.75. The Bertz CT molecular complexity index is 776. The summed E-state index contributed by atoms with van der Waals surface area (Å²) >= 11 is 0. The molecule has 0 aliphatic heterocycles. The van der Waals surface area contributed by atoms with Gasteiger partial charge in [-0.25, -0.2) is 9.59 Å². The molecule has 0 amide bonds. The minimum Gasteiger partial charge on any atom is -0.458 e. The average Bonchev–Trinajstić information content (AvgIpc) is 2.67. The molecule has 0 aromatic heterocycles. The smallest absolute Gasteiger partial charge is 0.338 e. The largest absolute Gasteiger partial charge is 0.458 e. The normalized spacial score (nSPS) is 12.6. The molecular formula is C22H22O4. The van der Waals surface area contributed by atoms with Gasteiger partial charge in [0.15, 0.2) is 0 Å². The van der Waals surface area contributed by atoms with Gasteiger partial charge in [0.1, 0.15) is 12.7 Å². The van der Waals surface area contributed by atoms with Gasteiger partial charge in [0, 0.05) is 0 Å². The Labute approximate surface area is 153 Å². The van der Waals surface area contributed by atoms with Crippen molar-refractivity contribution in [1.82, 2.24) is 0 Å². The van der Waals surface area contributed by atoms with Crippen LogP contribution >= 0.6 is 0 Å². The van der Waals surface area contributed by atoms with Gasteiger partial charge in [-0.1, -0.05) is 48.0 Å². The predicted molar refractivity (Wildman–Crippen MR) is 101 cm³/mol. The summed E-state index contributed by atoms with van der Waals surface area (Å²) in [6, 6.07) is 17.7. The summed E-state index contributed by atoms with van der Waals surface area (Å²) in [5.74, 6) is -0.718. The average molecular weight is 350 g/mol. The minimum absolute atomic E-state index is 0.183. The van der Waals surface area contributed by atoms with Gasteiger partial charge in [0.05, 0.1) is 11.1 Å². The third-order valence-electron chi connectivity index (χ3n) is 3.56. The zero-order valence-electron chi connectivity index (χ0n) is 14.9. The van der Waals surface area contributed by atoms with Crippen LogP contribution in [0.4, 0.5) is 0 Å². The highest BCUT2D eigenvalue weighted by Gasteiger charge is 2.09. The quantitative estimate of drug-likeness (QED) is 0.541. The van der Waals surface area contributed by atoms with E-state index in [1.54, 1.807) is 67.6 Å². The molecule has 1 unspecified atom stereocenters. The van der Waals surface area contributed by atoms with Crippen LogP contribution in [0.3, 0.4) is 0 Å². The maximum Gasteiger partial charge on any atom is 0.338 e. The van der Waals surface area contributed by atoms with E-state index in [1.165, 1.54) is 0 Å². The van der Waals surface area contributed by atoms with Crippen molar-refractivity contribution in [2.45, 2.75) is 20.0 Å². The van der Waals surface area contributed by atoms with Crippen molar-refractivity contribution in [2.24, 2.45) is 0 Å². The van der Waals surface area contributed by atoms with Crippen LogP contribution in [0.25, 0.3) is 0 Å². The Morgan fingerprint density at radius 2 is 1.46 bits per heavy atom. The third-order valence-corrected chi connectivity index (χ3v) is 3.56. The lowest BCUT2D eigenvalue weighted by atomic mass is 10.2. The number of rotatable bonds is 7. The van der Waals surface area contributed by atoms with Crippen LogP contribution < -0.4 is 0 Å². The van der Waals surface area contributed by atoms with Gasteiger partial charge in [0.2, 0.25) is 0 Å². The molecule has 2 rings (SSSR count). The van der Waals surface area contributed by atoms with Gasteiger partial charge in [-0.2, -0.15) is 0 Å². The molecule has 26 heavy (non-hydrogen) atoms. The summed E-state index contributed by atoms with van der Waals surface area (Å²) in [4.78, 5) is 23.8. The molecule has 2 aromatic rings. The fraction of sp³-hybridized carbons (Fsp3) is 0.182. The van der Waals surface area contributed by atoms with Crippen LogP contribution in [0.15, 0.2) is 84.5 Å². The number of benzene rings is 2. The van der Waals surface area contributed by atoms with Gasteiger partial charge in [-0.05, 0) is 50.3 Å². The molecule has 0 saturated heterocycles. The van der Waals surface area contributed by atoms with Crippen molar-refractivity contribution >= 4 is 11.9 Å².